The molecule has 0 radical (unpaired) electrons. The number of rotatable bonds is 10. The highest BCUT2D eigenvalue weighted by Gasteiger charge is 2.15. The third-order valence-corrected chi connectivity index (χ3v) is 5.72. The fourth-order valence-corrected chi connectivity index (χ4v) is 4.03. The second-order valence-corrected chi connectivity index (χ2v) is 7.48. The predicted octanol–water partition coefficient (Wildman–Crippen LogP) is 3.82. The van der Waals surface area contributed by atoms with Crippen LogP contribution in [0.25, 0.3) is 0 Å². The molecule has 0 saturated carbocycles. The minimum atomic E-state index is 0.426. The van der Waals surface area contributed by atoms with Crippen molar-refractivity contribution in [1.82, 2.24) is 0 Å². The molecule has 0 heterocycles. The number of hydrogen-bond acceptors (Lipinski definition) is 6. The van der Waals surface area contributed by atoms with Gasteiger partial charge in [-0.3, -0.25) is 0 Å². The molecule has 0 aliphatic carbocycles. The molecule has 0 aliphatic rings. The van der Waals surface area contributed by atoms with Crippen LogP contribution >= 0.6 is 0 Å². The average molecular weight is 437 g/mol. The van der Waals surface area contributed by atoms with E-state index in [4.69, 9.17) is 30.4 Å². The van der Waals surface area contributed by atoms with E-state index in [1.807, 2.05) is 24.3 Å². The smallest absolute Gasteiger partial charge is 0.160 e. The Bertz CT molecular complexity index is 1070. The van der Waals surface area contributed by atoms with Crippen LogP contribution in [-0.2, 0) is 25.9 Å². The summed E-state index contributed by atoms with van der Waals surface area (Å²) >= 11 is 0. The maximum absolute atomic E-state index is 6.19. The molecule has 0 saturated heterocycles. The van der Waals surface area contributed by atoms with E-state index in [9.17, 15) is 0 Å². The molecule has 0 aliphatic heterocycles. The molecule has 0 bridgehead atoms. The van der Waals surface area contributed by atoms with Crippen molar-refractivity contribution in [3.05, 3.63) is 81.9 Å². The first kappa shape index (κ1) is 23.4. The van der Waals surface area contributed by atoms with Gasteiger partial charge in [-0.05, 0) is 70.5 Å². The van der Waals surface area contributed by atoms with Gasteiger partial charge >= 0.3 is 0 Å². The fraction of sp³-hybridized carbons (Fsp3) is 0.308. The van der Waals surface area contributed by atoms with E-state index in [-0.39, 0.29) is 0 Å². The van der Waals surface area contributed by atoms with Gasteiger partial charge in [-0.25, -0.2) is 0 Å². The highest BCUT2D eigenvalue weighted by atomic mass is 16.5. The lowest BCUT2D eigenvalue weighted by atomic mass is 9.88. The Morgan fingerprint density at radius 2 is 1.03 bits per heavy atom. The molecule has 170 valence electrons. The topological polar surface area (TPSA) is 89.0 Å². The van der Waals surface area contributed by atoms with E-state index in [0.29, 0.717) is 42.5 Å². The van der Waals surface area contributed by atoms with E-state index in [0.717, 1.165) is 28.7 Å². The summed E-state index contributed by atoms with van der Waals surface area (Å²) in [6.45, 7) is 0.872. The monoisotopic (exact) mass is 436 g/mol. The van der Waals surface area contributed by atoms with E-state index in [1.54, 1.807) is 28.4 Å². The normalized spacial score (nSPS) is 10.7. The lowest BCUT2D eigenvalue weighted by molar-refractivity contribution is 0.354. The number of benzene rings is 3. The average Bonchev–Trinajstić information content (AvgIpc) is 2.84. The zero-order valence-electron chi connectivity index (χ0n) is 19.2. The molecular weight excluding hydrogens is 404 g/mol. The van der Waals surface area contributed by atoms with Gasteiger partial charge in [0.2, 0.25) is 0 Å². The largest absolute Gasteiger partial charge is 0.493 e. The van der Waals surface area contributed by atoms with Gasteiger partial charge in [0.25, 0.3) is 0 Å². The Morgan fingerprint density at radius 3 is 1.50 bits per heavy atom. The summed E-state index contributed by atoms with van der Waals surface area (Å²) in [5.41, 5.74) is 19.0. The standard InChI is InChI=1S/C26H32N2O4/c1-29-23-9-5-17(13-25(23)31-3)11-19-7-8-20(15-27)22(16-28)21(19)12-18-6-10-24(30-2)26(14-18)32-4/h5-10,13-14H,11-12,15-16,27-28H2,1-4H3. The molecule has 6 heteroatoms. The van der Waals surface area contributed by atoms with Gasteiger partial charge in [-0.15, -0.1) is 0 Å². The van der Waals surface area contributed by atoms with Crippen molar-refractivity contribution in [1.29, 1.82) is 0 Å². The molecule has 0 atom stereocenters. The highest BCUT2D eigenvalue weighted by molar-refractivity contribution is 5.50. The van der Waals surface area contributed by atoms with Crippen LogP contribution in [0, 0.1) is 0 Å². The third kappa shape index (κ3) is 4.98. The van der Waals surface area contributed by atoms with Gasteiger partial charge < -0.3 is 30.4 Å². The van der Waals surface area contributed by atoms with Crippen LogP contribution in [0.1, 0.15) is 33.4 Å². The van der Waals surface area contributed by atoms with Crippen molar-refractivity contribution in [3.63, 3.8) is 0 Å². The van der Waals surface area contributed by atoms with Crippen LogP contribution in [-0.4, -0.2) is 28.4 Å². The summed E-state index contributed by atoms with van der Waals surface area (Å²) in [5.74, 6) is 2.83. The Morgan fingerprint density at radius 1 is 0.531 bits per heavy atom. The van der Waals surface area contributed by atoms with Gasteiger partial charge in [0.15, 0.2) is 23.0 Å². The molecule has 0 aromatic heterocycles. The van der Waals surface area contributed by atoms with Crippen LogP contribution in [0.5, 0.6) is 23.0 Å². The maximum Gasteiger partial charge on any atom is 0.160 e. The van der Waals surface area contributed by atoms with E-state index in [2.05, 4.69) is 24.3 Å². The first-order valence-electron chi connectivity index (χ1n) is 10.5. The van der Waals surface area contributed by atoms with Crippen molar-refractivity contribution >= 4 is 0 Å². The molecular formula is C26H32N2O4. The summed E-state index contributed by atoms with van der Waals surface area (Å²) in [4.78, 5) is 0. The van der Waals surface area contributed by atoms with Gasteiger partial charge in [-0.1, -0.05) is 24.3 Å². The molecule has 4 N–H and O–H groups in total. The Hall–Kier alpha value is -3.22. The fourth-order valence-electron chi connectivity index (χ4n) is 4.03. The zero-order chi connectivity index (χ0) is 23.1. The van der Waals surface area contributed by atoms with Gasteiger partial charge in [-0.2, -0.15) is 0 Å². The van der Waals surface area contributed by atoms with E-state index < -0.39 is 0 Å². The Labute approximate surface area is 190 Å². The van der Waals surface area contributed by atoms with Crippen LogP contribution in [0.2, 0.25) is 0 Å². The Balaban J connectivity index is 2.04. The Kier molecular flexibility index (Phi) is 7.98. The van der Waals surface area contributed by atoms with Crippen LogP contribution in [0.15, 0.2) is 48.5 Å². The van der Waals surface area contributed by atoms with Crippen LogP contribution in [0.4, 0.5) is 0 Å². The SMILES string of the molecule is COc1ccc(Cc2ccc(CN)c(CN)c2Cc2ccc(OC)c(OC)c2)cc1OC. The molecule has 0 spiro atoms. The van der Waals surface area contributed by atoms with Gasteiger partial charge in [0.05, 0.1) is 28.4 Å². The lowest BCUT2D eigenvalue weighted by Gasteiger charge is -2.19. The number of methoxy groups -OCH3 is 4. The van der Waals surface area contributed by atoms with Crippen molar-refractivity contribution in [2.24, 2.45) is 11.5 Å². The summed E-state index contributed by atoms with van der Waals surface area (Å²) < 4.78 is 21.7. The minimum absolute atomic E-state index is 0.426. The molecule has 0 fully saturated rings. The first-order valence-corrected chi connectivity index (χ1v) is 10.5. The highest BCUT2D eigenvalue weighted by Crippen LogP contribution is 2.32. The first-order chi connectivity index (χ1) is 15.6. The quantitative estimate of drug-likeness (QED) is 0.502. The van der Waals surface area contributed by atoms with Crippen LogP contribution < -0.4 is 30.4 Å². The second-order valence-electron chi connectivity index (χ2n) is 7.48. The molecule has 3 aromatic rings. The van der Waals surface area contributed by atoms with Gasteiger partial charge in [0, 0.05) is 13.1 Å². The van der Waals surface area contributed by atoms with Gasteiger partial charge in [0.1, 0.15) is 0 Å². The van der Waals surface area contributed by atoms with Crippen molar-refractivity contribution in [2.75, 3.05) is 28.4 Å². The third-order valence-electron chi connectivity index (χ3n) is 5.72. The summed E-state index contributed by atoms with van der Waals surface area (Å²) in [7, 11) is 6.56. The van der Waals surface area contributed by atoms with Crippen LogP contribution in [0.3, 0.4) is 0 Å². The number of nitrogens with two attached hydrogens (primary N) is 2. The summed E-state index contributed by atoms with van der Waals surface area (Å²) in [6.07, 6.45) is 1.45. The molecule has 0 amide bonds. The van der Waals surface area contributed by atoms with E-state index >= 15 is 0 Å². The molecule has 3 rings (SSSR count). The lowest BCUT2D eigenvalue weighted by Crippen LogP contribution is -2.12. The van der Waals surface area contributed by atoms with Crippen molar-refractivity contribution in [3.8, 4) is 23.0 Å². The molecule has 6 nitrogen and oxygen atoms in total. The molecule has 32 heavy (non-hydrogen) atoms. The van der Waals surface area contributed by atoms with Crippen molar-refractivity contribution < 1.29 is 18.9 Å². The summed E-state index contributed by atoms with van der Waals surface area (Å²) in [5, 5.41) is 0. The molecule has 0 unspecified atom stereocenters. The summed E-state index contributed by atoms with van der Waals surface area (Å²) in [6, 6.07) is 16.2. The second kappa shape index (κ2) is 10.9. The van der Waals surface area contributed by atoms with E-state index in [1.165, 1.54) is 11.1 Å². The minimum Gasteiger partial charge on any atom is -0.493 e. The zero-order valence-corrected chi connectivity index (χ0v) is 19.2. The number of ether oxygens (including phenoxy) is 4. The number of hydrogen-bond donors (Lipinski definition) is 2. The van der Waals surface area contributed by atoms with Crippen molar-refractivity contribution in [2.45, 2.75) is 25.9 Å². The maximum atomic E-state index is 6.19. The predicted molar refractivity (Wildman–Crippen MR) is 127 cm³/mol. The molecule has 3 aromatic carbocycles.